The second-order valence-corrected chi connectivity index (χ2v) is 7.38. The van der Waals surface area contributed by atoms with E-state index in [1.165, 1.54) is 12.0 Å². The molecular formula is C20H26N4O. The number of benzene rings is 1. The molecule has 0 N–H and O–H groups in total. The summed E-state index contributed by atoms with van der Waals surface area (Å²) in [4.78, 5) is 17.8. The van der Waals surface area contributed by atoms with Crippen LogP contribution in [-0.4, -0.2) is 57.7 Å². The smallest absolute Gasteiger partial charge is 0.274 e. The Labute approximate surface area is 149 Å². The van der Waals surface area contributed by atoms with Crippen LogP contribution in [0.2, 0.25) is 0 Å². The standard InChI is InChI=1S/C20H26N4O/c1-22-14-16(15-8-4-3-5-9-15)19-18(22)10-6-7-12-24(19)20(25)17-11-13-23(2)21-17/h3-5,8-9,11,13,16,18-19H,6-7,10,12,14H2,1-2H3/t16-,18-,19-/m0/s1. The third-order valence-corrected chi connectivity index (χ3v) is 5.79. The van der Waals surface area contributed by atoms with Crippen molar-refractivity contribution in [3.05, 3.63) is 53.9 Å². The lowest BCUT2D eigenvalue weighted by Gasteiger charge is -2.34. The van der Waals surface area contributed by atoms with Crippen LogP contribution in [0.1, 0.15) is 41.2 Å². The maximum Gasteiger partial charge on any atom is 0.274 e. The van der Waals surface area contributed by atoms with Crippen molar-refractivity contribution < 1.29 is 4.79 Å². The molecule has 0 radical (unpaired) electrons. The normalized spacial score (nSPS) is 27.1. The van der Waals surface area contributed by atoms with Gasteiger partial charge in [-0.1, -0.05) is 36.8 Å². The summed E-state index contributed by atoms with van der Waals surface area (Å²) in [7, 11) is 4.06. The summed E-state index contributed by atoms with van der Waals surface area (Å²) in [6, 6.07) is 13.2. The molecule has 25 heavy (non-hydrogen) atoms. The minimum atomic E-state index is 0.0775. The van der Waals surface area contributed by atoms with Crippen LogP contribution < -0.4 is 0 Å². The summed E-state index contributed by atoms with van der Waals surface area (Å²) >= 11 is 0. The fourth-order valence-corrected chi connectivity index (χ4v) is 4.60. The SMILES string of the molecule is CN1C[C@@H](c2ccccc2)[C@H]2[C@@H]1CCCCN2C(=O)c1ccn(C)n1. The number of hydrogen-bond acceptors (Lipinski definition) is 3. The van der Waals surface area contributed by atoms with Crippen LogP contribution >= 0.6 is 0 Å². The summed E-state index contributed by atoms with van der Waals surface area (Å²) in [5, 5.41) is 4.36. The monoisotopic (exact) mass is 338 g/mol. The molecule has 0 unspecified atom stereocenters. The lowest BCUT2D eigenvalue weighted by molar-refractivity contribution is 0.0638. The molecule has 0 saturated carbocycles. The average Bonchev–Trinajstić information content (AvgIpc) is 3.11. The molecule has 5 heteroatoms. The van der Waals surface area contributed by atoms with Crippen molar-refractivity contribution in [2.24, 2.45) is 7.05 Å². The van der Waals surface area contributed by atoms with Crippen molar-refractivity contribution in [1.82, 2.24) is 19.6 Å². The molecule has 3 atom stereocenters. The first-order valence-corrected chi connectivity index (χ1v) is 9.21. The Morgan fingerprint density at radius 3 is 2.64 bits per heavy atom. The van der Waals surface area contributed by atoms with Gasteiger partial charge < -0.3 is 9.80 Å². The van der Waals surface area contributed by atoms with Crippen molar-refractivity contribution in [3.63, 3.8) is 0 Å². The zero-order valence-electron chi connectivity index (χ0n) is 15.0. The van der Waals surface area contributed by atoms with Gasteiger partial charge >= 0.3 is 0 Å². The highest BCUT2D eigenvalue weighted by molar-refractivity contribution is 5.92. The van der Waals surface area contributed by atoms with Gasteiger partial charge in [-0.15, -0.1) is 0 Å². The molecule has 0 spiro atoms. The summed E-state index contributed by atoms with van der Waals surface area (Å²) in [5.74, 6) is 0.440. The van der Waals surface area contributed by atoms with Crippen LogP contribution in [0.3, 0.4) is 0 Å². The second-order valence-electron chi connectivity index (χ2n) is 7.38. The van der Waals surface area contributed by atoms with Crippen molar-refractivity contribution in [1.29, 1.82) is 0 Å². The van der Waals surface area contributed by atoms with Gasteiger partial charge in [-0.3, -0.25) is 9.48 Å². The Bertz CT molecular complexity index is 741. The van der Waals surface area contributed by atoms with E-state index in [0.717, 1.165) is 25.9 Å². The third-order valence-electron chi connectivity index (χ3n) is 5.79. The number of nitrogens with zero attached hydrogens (tertiary/aromatic N) is 4. The van der Waals surface area contributed by atoms with Crippen molar-refractivity contribution >= 4 is 5.91 Å². The third kappa shape index (κ3) is 2.97. The van der Waals surface area contributed by atoms with Gasteiger partial charge in [0.2, 0.25) is 0 Å². The number of hydrogen-bond donors (Lipinski definition) is 0. The molecule has 2 aliphatic rings. The molecule has 0 aliphatic carbocycles. The Kier molecular flexibility index (Phi) is 4.34. The number of likely N-dealkylation sites (tertiary alicyclic amines) is 2. The summed E-state index contributed by atoms with van der Waals surface area (Å²) in [5.41, 5.74) is 1.90. The van der Waals surface area contributed by atoms with Gasteiger partial charge in [0.05, 0.1) is 6.04 Å². The van der Waals surface area contributed by atoms with Crippen molar-refractivity contribution in [2.45, 2.75) is 37.3 Å². The van der Waals surface area contributed by atoms with Gasteiger partial charge in [0, 0.05) is 38.3 Å². The fourth-order valence-electron chi connectivity index (χ4n) is 4.60. The zero-order valence-corrected chi connectivity index (χ0v) is 15.0. The molecule has 3 heterocycles. The zero-order chi connectivity index (χ0) is 17.4. The minimum absolute atomic E-state index is 0.0775. The Balaban J connectivity index is 1.71. The van der Waals surface area contributed by atoms with Gasteiger partial charge in [0.15, 0.2) is 0 Å². The van der Waals surface area contributed by atoms with E-state index in [4.69, 9.17) is 0 Å². The predicted molar refractivity (Wildman–Crippen MR) is 97.5 cm³/mol. The quantitative estimate of drug-likeness (QED) is 0.845. The van der Waals surface area contributed by atoms with E-state index < -0.39 is 0 Å². The van der Waals surface area contributed by atoms with Crippen LogP contribution in [0.15, 0.2) is 42.6 Å². The molecule has 2 saturated heterocycles. The highest BCUT2D eigenvalue weighted by Crippen LogP contribution is 2.39. The van der Waals surface area contributed by atoms with Crippen LogP contribution in [0, 0.1) is 0 Å². The van der Waals surface area contributed by atoms with E-state index in [9.17, 15) is 4.79 Å². The molecule has 2 aliphatic heterocycles. The molecular weight excluding hydrogens is 312 g/mol. The molecule has 0 bridgehead atoms. The van der Waals surface area contributed by atoms with Gasteiger partial charge in [0.25, 0.3) is 5.91 Å². The van der Waals surface area contributed by atoms with Gasteiger partial charge in [-0.25, -0.2) is 0 Å². The van der Waals surface area contributed by atoms with E-state index in [2.05, 4.69) is 52.3 Å². The molecule has 2 aromatic rings. The minimum Gasteiger partial charge on any atom is -0.332 e. The largest absolute Gasteiger partial charge is 0.332 e. The number of likely N-dealkylation sites (N-methyl/N-ethyl adjacent to an activating group) is 1. The lowest BCUT2D eigenvalue weighted by atomic mass is 9.89. The van der Waals surface area contributed by atoms with E-state index in [1.54, 1.807) is 4.68 Å². The Morgan fingerprint density at radius 2 is 1.92 bits per heavy atom. The topological polar surface area (TPSA) is 41.4 Å². The number of amides is 1. The van der Waals surface area contributed by atoms with Crippen molar-refractivity contribution in [3.8, 4) is 0 Å². The van der Waals surface area contributed by atoms with Crippen molar-refractivity contribution in [2.75, 3.05) is 20.1 Å². The molecule has 1 aromatic heterocycles. The highest BCUT2D eigenvalue weighted by atomic mass is 16.2. The van der Waals surface area contributed by atoms with Crippen LogP contribution in [0.4, 0.5) is 0 Å². The van der Waals surface area contributed by atoms with Gasteiger partial charge in [-0.2, -0.15) is 5.10 Å². The van der Waals surface area contributed by atoms with Gasteiger partial charge in [0.1, 0.15) is 5.69 Å². The number of carbonyl (C=O) groups excluding carboxylic acids is 1. The Morgan fingerprint density at radius 1 is 1.12 bits per heavy atom. The molecule has 2 fully saturated rings. The number of carbonyl (C=O) groups is 1. The number of aromatic nitrogens is 2. The van der Waals surface area contributed by atoms with Crippen LogP contribution in [0.5, 0.6) is 0 Å². The summed E-state index contributed by atoms with van der Waals surface area (Å²) in [6.45, 7) is 1.83. The molecule has 132 valence electrons. The molecule has 5 nitrogen and oxygen atoms in total. The predicted octanol–water partition coefficient (Wildman–Crippen LogP) is 2.51. The molecule has 4 rings (SSSR count). The van der Waals surface area contributed by atoms with Gasteiger partial charge in [-0.05, 0) is 31.5 Å². The van der Waals surface area contributed by atoms with E-state index in [0.29, 0.717) is 17.7 Å². The molecule has 1 amide bonds. The number of rotatable bonds is 2. The van der Waals surface area contributed by atoms with E-state index in [1.807, 2.05) is 19.3 Å². The van der Waals surface area contributed by atoms with E-state index in [-0.39, 0.29) is 11.9 Å². The average molecular weight is 338 g/mol. The Hall–Kier alpha value is -2.14. The second kappa shape index (κ2) is 6.64. The maximum atomic E-state index is 13.2. The summed E-state index contributed by atoms with van der Waals surface area (Å²) < 4.78 is 1.71. The van der Waals surface area contributed by atoms with E-state index >= 15 is 0 Å². The maximum absolute atomic E-state index is 13.2. The fraction of sp³-hybridized carbons (Fsp3) is 0.500. The highest BCUT2D eigenvalue weighted by Gasteiger charge is 2.46. The van der Waals surface area contributed by atoms with Crippen LogP contribution in [0.25, 0.3) is 0 Å². The first-order chi connectivity index (χ1) is 12.1. The van der Waals surface area contributed by atoms with Crippen LogP contribution in [-0.2, 0) is 7.05 Å². The lowest BCUT2D eigenvalue weighted by Crippen LogP contribution is -2.48. The number of fused-ring (bicyclic) bond motifs is 1. The molecule has 1 aromatic carbocycles. The summed E-state index contributed by atoms with van der Waals surface area (Å²) in [6.07, 6.45) is 5.26. The first kappa shape index (κ1) is 16.3. The number of aryl methyl sites for hydroxylation is 1. The first-order valence-electron chi connectivity index (χ1n) is 9.21.